The van der Waals surface area contributed by atoms with Gasteiger partial charge in [-0.1, -0.05) is 6.07 Å². The van der Waals surface area contributed by atoms with E-state index < -0.39 is 22.3 Å². The number of ether oxygens (including phenoxy) is 1. The number of halogens is 3. The van der Waals surface area contributed by atoms with E-state index in [9.17, 15) is 23.3 Å². The second-order valence-corrected chi connectivity index (χ2v) is 6.85. The van der Waals surface area contributed by atoms with Crippen molar-refractivity contribution in [2.45, 2.75) is 32.5 Å². The third kappa shape index (κ3) is 3.31. The SMILES string of the molecule is Cc1ccc(N2CC(C)(C)Oc3cc([N+](=O)[O-])ccc32)cc1C(F)(F)F. The molecular weight excluding hydrogens is 349 g/mol. The van der Waals surface area contributed by atoms with Crippen LogP contribution in [0.2, 0.25) is 0 Å². The van der Waals surface area contributed by atoms with Crippen molar-refractivity contribution in [3.8, 4) is 5.75 Å². The molecule has 5 nitrogen and oxygen atoms in total. The average Bonchev–Trinajstić information content (AvgIpc) is 2.52. The predicted molar refractivity (Wildman–Crippen MR) is 91.0 cm³/mol. The molecule has 1 aliphatic heterocycles. The quantitative estimate of drug-likeness (QED) is 0.539. The van der Waals surface area contributed by atoms with Crippen molar-refractivity contribution < 1.29 is 22.8 Å². The van der Waals surface area contributed by atoms with E-state index in [1.54, 1.807) is 24.8 Å². The number of anilines is 2. The molecule has 8 heteroatoms. The van der Waals surface area contributed by atoms with Crippen LogP contribution in [0.4, 0.5) is 30.2 Å². The summed E-state index contributed by atoms with van der Waals surface area (Å²) in [7, 11) is 0. The van der Waals surface area contributed by atoms with Crippen LogP contribution in [-0.2, 0) is 6.18 Å². The van der Waals surface area contributed by atoms with Gasteiger partial charge in [-0.05, 0) is 44.5 Å². The van der Waals surface area contributed by atoms with Crippen LogP contribution in [0.1, 0.15) is 25.0 Å². The third-order valence-corrected chi connectivity index (χ3v) is 4.21. The molecule has 0 amide bonds. The number of rotatable bonds is 2. The van der Waals surface area contributed by atoms with Crippen molar-refractivity contribution in [1.29, 1.82) is 0 Å². The maximum atomic E-state index is 13.3. The summed E-state index contributed by atoms with van der Waals surface area (Å²) in [6, 6.07) is 8.23. The van der Waals surface area contributed by atoms with E-state index >= 15 is 0 Å². The standard InChI is InChI=1S/C18H17F3N2O3/c1-11-4-5-12(8-14(11)18(19,20)21)22-10-17(2,3)26-16-9-13(23(24)25)6-7-15(16)22/h4-9H,10H2,1-3H3. The van der Waals surface area contributed by atoms with E-state index in [2.05, 4.69) is 0 Å². The highest BCUT2D eigenvalue weighted by Crippen LogP contribution is 2.44. The van der Waals surface area contributed by atoms with Crippen LogP contribution in [0, 0.1) is 17.0 Å². The zero-order valence-corrected chi connectivity index (χ0v) is 14.4. The highest BCUT2D eigenvalue weighted by molar-refractivity contribution is 5.73. The fourth-order valence-corrected chi connectivity index (χ4v) is 3.03. The Morgan fingerprint density at radius 1 is 1.19 bits per heavy atom. The first kappa shape index (κ1) is 18.0. The first-order valence-electron chi connectivity index (χ1n) is 7.91. The fraction of sp³-hybridized carbons (Fsp3) is 0.333. The van der Waals surface area contributed by atoms with Crippen LogP contribution < -0.4 is 9.64 Å². The van der Waals surface area contributed by atoms with E-state index in [0.717, 1.165) is 6.07 Å². The Morgan fingerprint density at radius 3 is 2.50 bits per heavy atom. The highest BCUT2D eigenvalue weighted by atomic mass is 19.4. The van der Waals surface area contributed by atoms with Gasteiger partial charge in [0.15, 0.2) is 5.75 Å². The van der Waals surface area contributed by atoms with Crippen molar-refractivity contribution in [2.75, 3.05) is 11.4 Å². The first-order valence-corrected chi connectivity index (χ1v) is 7.91. The molecule has 0 spiro atoms. The van der Waals surface area contributed by atoms with E-state index in [-0.39, 0.29) is 17.0 Å². The second kappa shape index (κ2) is 5.89. The zero-order chi connectivity index (χ0) is 19.3. The molecule has 1 heterocycles. The molecule has 0 N–H and O–H groups in total. The minimum absolute atomic E-state index is 0.137. The maximum Gasteiger partial charge on any atom is 0.416 e. The summed E-state index contributed by atoms with van der Waals surface area (Å²) < 4.78 is 45.6. The summed E-state index contributed by atoms with van der Waals surface area (Å²) in [6.07, 6.45) is -4.46. The number of nitrogens with zero attached hydrogens (tertiary/aromatic N) is 2. The second-order valence-electron chi connectivity index (χ2n) is 6.85. The van der Waals surface area contributed by atoms with E-state index in [4.69, 9.17) is 4.74 Å². The van der Waals surface area contributed by atoms with Gasteiger partial charge in [0.05, 0.1) is 28.8 Å². The Bertz CT molecular complexity index is 878. The zero-order valence-electron chi connectivity index (χ0n) is 14.4. The summed E-state index contributed by atoms with van der Waals surface area (Å²) in [6.45, 7) is 5.27. The normalized spacial score (nSPS) is 16.0. The fourth-order valence-electron chi connectivity index (χ4n) is 3.03. The number of non-ortho nitro benzene ring substituents is 1. The van der Waals surface area contributed by atoms with Crippen molar-refractivity contribution in [3.05, 3.63) is 57.6 Å². The number of fused-ring (bicyclic) bond motifs is 1. The van der Waals surface area contributed by atoms with Gasteiger partial charge >= 0.3 is 6.18 Å². The number of nitro benzene ring substituents is 1. The van der Waals surface area contributed by atoms with Crippen LogP contribution in [0.3, 0.4) is 0 Å². The lowest BCUT2D eigenvalue weighted by molar-refractivity contribution is -0.385. The molecule has 0 aromatic heterocycles. The Kier molecular flexibility index (Phi) is 4.09. The Balaban J connectivity index is 2.13. The van der Waals surface area contributed by atoms with Crippen LogP contribution >= 0.6 is 0 Å². The van der Waals surface area contributed by atoms with Crippen LogP contribution in [0.5, 0.6) is 5.75 Å². The van der Waals surface area contributed by atoms with E-state index in [0.29, 0.717) is 17.9 Å². The van der Waals surface area contributed by atoms with Crippen molar-refractivity contribution in [2.24, 2.45) is 0 Å². The molecule has 0 aliphatic carbocycles. The largest absolute Gasteiger partial charge is 0.484 e. The monoisotopic (exact) mass is 366 g/mol. The van der Waals surface area contributed by atoms with Gasteiger partial charge < -0.3 is 9.64 Å². The summed E-state index contributed by atoms with van der Waals surface area (Å²) in [5.74, 6) is 0.268. The van der Waals surface area contributed by atoms with Gasteiger partial charge in [-0.25, -0.2) is 0 Å². The Hall–Kier alpha value is -2.77. The van der Waals surface area contributed by atoms with Crippen LogP contribution in [-0.4, -0.2) is 17.1 Å². The highest BCUT2D eigenvalue weighted by Gasteiger charge is 2.36. The number of hydrogen-bond acceptors (Lipinski definition) is 4. The van der Waals surface area contributed by atoms with Gasteiger partial charge in [0.2, 0.25) is 0 Å². The van der Waals surface area contributed by atoms with Gasteiger partial charge in [-0.15, -0.1) is 0 Å². The molecule has 26 heavy (non-hydrogen) atoms. The van der Waals surface area contributed by atoms with Gasteiger partial charge in [0.1, 0.15) is 5.60 Å². The number of benzene rings is 2. The molecule has 138 valence electrons. The molecule has 0 saturated heterocycles. The Morgan fingerprint density at radius 2 is 1.88 bits per heavy atom. The lowest BCUT2D eigenvalue weighted by Crippen LogP contribution is -2.44. The molecule has 3 rings (SSSR count). The van der Waals surface area contributed by atoms with Gasteiger partial charge in [-0.3, -0.25) is 10.1 Å². The summed E-state index contributed by atoms with van der Waals surface area (Å²) >= 11 is 0. The molecular formula is C18H17F3N2O3. The molecule has 0 fully saturated rings. The number of aryl methyl sites for hydroxylation is 1. The molecule has 2 aromatic rings. The summed E-state index contributed by atoms with van der Waals surface area (Å²) in [5, 5.41) is 11.0. The predicted octanol–water partition coefficient (Wildman–Crippen LogP) is 5.23. The molecule has 0 atom stereocenters. The average molecular weight is 366 g/mol. The molecule has 0 radical (unpaired) electrons. The molecule has 1 aliphatic rings. The molecule has 0 unspecified atom stereocenters. The Labute approximate surface area is 148 Å². The topological polar surface area (TPSA) is 55.6 Å². The first-order chi connectivity index (χ1) is 12.0. The van der Waals surface area contributed by atoms with Gasteiger partial charge in [-0.2, -0.15) is 13.2 Å². The summed E-state index contributed by atoms with van der Waals surface area (Å²) in [5.41, 5.74) is -0.589. The van der Waals surface area contributed by atoms with Crippen molar-refractivity contribution in [3.63, 3.8) is 0 Å². The van der Waals surface area contributed by atoms with Gasteiger partial charge in [0.25, 0.3) is 5.69 Å². The smallest absolute Gasteiger partial charge is 0.416 e. The maximum absolute atomic E-state index is 13.3. The van der Waals surface area contributed by atoms with E-state index in [1.807, 2.05) is 0 Å². The molecule has 2 aromatic carbocycles. The molecule has 0 saturated carbocycles. The van der Waals surface area contributed by atoms with Crippen molar-refractivity contribution in [1.82, 2.24) is 0 Å². The number of hydrogen-bond donors (Lipinski definition) is 0. The number of alkyl halides is 3. The third-order valence-electron chi connectivity index (χ3n) is 4.21. The van der Waals surface area contributed by atoms with E-state index in [1.165, 1.54) is 31.2 Å². The molecule has 0 bridgehead atoms. The minimum Gasteiger partial charge on any atom is -0.484 e. The van der Waals surface area contributed by atoms with Crippen molar-refractivity contribution >= 4 is 17.1 Å². The van der Waals surface area contributed by atoms with Gasteiger partial charge in [0, 0.05) is 11.8 Å². The lowest BCUT2D eigenvalue weighted by atomic mass is 10.0. The van der Waals surface area contributed by atoms with Crippen LogP contribution in [0.25, 0.3) is 0 Å². The van der Waals surface area contributed by atoms with Crippen LogP contribution in [0.15, 0.2) is 36.4 Å². The minimum atomic E-state index is -4.46. The number of nitro groups is 1. The summed E-state index contributed by atoms with van der Waals surface area (Å²) in [4.78, 5) is 12.2. The lowest BCUT2D eigenvalue weighted by Gasteiger charge is -2.41.